The van der Waals surface area contributed by atoms with Gasteiger partial charge in [0.25, 0.3) is 0 Å². The van der Waals surface area contributed by atoms with Gasteiger partial charge in [0.15, 0.2) is 0 Å². The molecular weight excluding hydrogens is 520 g/mol. The number of carbonyl (C=O) groups is 1. The molecule has 2 aromatic rings. The van der Waals surface area contributed by atoms with Crippen LogP contribution in [-0.4, -0.2) is 17.5 Å². The van der Waals surface area contributed by atoms with E-state index in [0.717, 1.165) is 34.8 Å². The van der Waals surface area contributed by atoms with E-state index in [2.05, 4.69) is 86.6 Å². The zero-order chi connectivity index (χ0) is 30.4. The molecule has 41 heavy (non-hydrogen) atoms. The van der Waals surface area contributed by atoms with Crippen LogP contribution in [0.2, 0.25) is 0 Å². The molecule has 0 aliphatic rings. The number of rotatable bonds is 18. The summed E-state index contributed by atoms with van der Waals surface area (Å²) in [7, 11) is 0. The lowest BCUT2D eigenvalue weighted by Gasteiger charge is -2.25. The molecule has 2 rings (SSSR count). The van der Waals surface area contributed by atoms with Gasteiger partial charge in [-0.15, -0.1) is 0 Å². The first-order valence-corrected chi connectivity index (χ1v) is 17.6. The molecule has 230 valence electrons. The van der Waals surface area contributed by atoms with Crippen LogP contribution in [0.15, 0.2) is 24.3 Å². The van der Waals surface area contributed by atoms with Crippen molar-refractivity contribution in [1.29, 1.82) is 0 Å². The monoisotopic (exact) mass is 580 g/mol. The van der Waals surface area contributed by atoms with Gasteiger partial charge in [-0.05, 0) is 96.2 Å². The fourth-order valence-electron chi connectivity index (χ4n) is 5.61. The molecule has 0 bridgehead atoms. The minimum Gasteiger partial charge on any atom is -0.426 e. The number of benzene rings is 2. The molecule has 0 fully saturated rings. The lowest BCUT2D eigenvalue weighted by molar-refractivity contribution is -0.133. The van der Waals surface area contributed by atoms with Crippen molar-refractivity contribution in [1.82, 2.24) is 0 Å². The summed E-state index contributed by atoms with van der Waals surface area (Å²) in [6.07, 6.45) is 15.2. The lowest BCUT2D eigenvalue weighted by Crippen LogP contribution is -2.17. The first-order valence-electron chi connectivity index (χ1n) is 16.5. The second-order valence-corrected chi connectivity index (χ2v) is 14.8. The molecule has 0 saturated heterocycles. The Balaban J connectivity index is 1.93. The number of unbranched alkanes of at least 4 members (excludes halogenated alkanes) is 9. The number of ether oxygens (including phenoxy) is 1. The molecule has 0 amide bonds. The summed E-state index contributed by atoms with van der Waals surface area (Å²) in [6, 6.07) is 9.07. The molecule has 3 heteroatoms. The van der Waals surface area contributed by atoms with Crippen molar-refractivity contribution in [2.75, 3.05) is 11.5 Å². The van der Waals surface area contributed by atoms with Crippen molar-refractivity contribution < 1.29 is 9.53 Å². The van der Waals surface area contributed by atoms with Gasteiger partial charge in [-0.25, -0.2) is 0 Å². The van der Waals surface area contributed by atoms with Gasteiger partial charge in [0.2, 0.25) is 0 Å². The summed E-state index contributed by atoms with van der Waals surface area (Å²) in [6.45, 7) is 20.0. The van der Waals surface area contributed by atoms with E-state index in [9.17, 15) is 4.79 Å². The van der Waals surface area contributed by atoms with E-state index >= 15 is 0 Å². The summed E-state index contributed by atoms with van der Waals surface area (Å²) in [4.78, 5) is 12.9. The second kappa shape index (κ2) is 18.0. The first kappa shape index (κ1) is 35.5. The highest BCUT2D eigenvalue weighted by Crippen LogP contribution is 2.39. The highest BCUT2D eigenvalue weighted by Gasteiger charge is 2.23. The molecule has 0 unspecified atom stereocenters. The Hall–Kier alpha value is -1.74. The number of thioether (sulfide) groups is 1. The normalized spacial score (nSPS) is 11.9. The van der Waals surface area contributed by atoms with Crippen molar-refractivity contribution in [3.05, 3.63) is 52.1 Å². The summed E-state index contributed by atoms with van der Waals surface area (Å²) in [5.41, 5.74) is 8.71. The van der Waals surface area contributed by atoms with E-state index in [1.165, 1.54) is 92.0 Å². The van der Waals surface area contributed by atoms with Crippen LogP contribution < -0.4 is 4.74 Å². The molecule has 0 N–H and O–H groups in total. The number of hydrogen-bond donors (Lipinski definition) is 0. The van der Waals surface area contributed by atoms with Crippen LogP contribution in [0.5, 0.6) is 5.75 Å². The topological polar surface area (TPSA) is 26.3 Å². The van der Waals surface area contributed by atoms with E-state index in [1.807, 2.05) is 11.8 Å². The predicted molar refractivity (Wildman–Crippen MR) is 183 cm³/mol. The standard InChI is InChI=1S/C38H60O2S/c1-10-11-12-13-14-15-16-17-18-19-21-41-22-20-37(39)40-36-25-31(6)34(27-35(36)38(7,8)9)33-26-32(23-28(2)3)29(4)24-30(33)5/h24-28H,10-23H2,1-9H3. The van der Waals surface area contributed by atoms with Crippen LogP contribution in [0.25, 0.3) is 11.1 Å². The Morgan fingerprint density at radius 1 is 0.756 bits per heavy atom. The summed E-state index contributed by atoms with van der Waals surface area (Å²) in [5, 5.41) is 0. The van der Waals surface area contributed by atoms with Gasteiger partial charge in [-0.1, -0.05) is 111 Å². The third-order valence-corrected chi connectivity index (χ3v) is 9.12. The van der Waals surface area contributed by atoms with E-state index < -0.39 is 0 Å². The SMILES string of the molecule is CCCCCCCCCCCCSCCC(=O)Oc1cc(C)c(-c2cc(CC(C)C)c(C)cc2C)cc1C(C)(C)C. The van der Waals surface area contributed by atoms with Gasteiger partial charge < -0.3 is 4.74 Å². The van der Waals surface area contributed by atoms with Crippen molar-refractivity contribution in [2.45, 2.75) is 145 Å². The smallest absolute Gasteiger partial charge is 0.312 e. The molecule has 2 nitrogen and oxygen atoms in total. The molecule has 0 aromatic heterocycles. The van der Waals surface area contributed by atoms with Gasteiger partial charge in [0.1, 0.15) is 5.75 Å². The van der Waals surface area contributed by atoms with Crippen LogP contribution >= 0.6 is 11.8 Å². The van der Waals surface area contributed by atoms with Gasteiger partial charge >= 0.3 is 5.97 Å². The molecule has 2 aromatic carbocycles. The predicted octanol–water partition coefficient (Wildman–Crippen LogP) is 11.7. The Morgan fingerprint density at radius 2 is 1.32 bits per heavy atom. The highest BCUT2D eigenvalue weighted by molar-refractivity contribution is 7.99. The average Bonchev–Trinajstić information content (AvgIpc) is 2.88. The minimum atomic E-state index is -0.137. The molecule has 0 aliphatic heterocycles. The molecule has 0 saturated carbocycles. The van der Waals surface area contributed by atoms with Gasteiger partial charge in [-0.3, -0.25) is 4.79 Å². The van der Waals surface area contributed by atoms with Gasteiger partial charge in [0, 0.05) is 11.3 Å². The second-order valence-electron chi connectivity index (χ2n) is 13.6. The third kappa shape index (κ3) is 12.6. The third-order valence-electron chi connectivity index (χ3n) is 8.05. The zero-order valence-electron chi connectivity index (χ0n) is 28.0. The Labute approximate surface area is 257 Å². The molecule has 0 spiro atoms. The lowest BCUT2D eigenvalue weighted by atomic mass is 9.82. The van der Waals surface area contributed by atoms with Gasteiger partial charge in [0.05, 0.1) is 6.42 Å². The molecule has 0 atom stereocenters. The average molecular weight is 581 g/mol. The Morgan fingerprint density at radius 3 is 1.90 bits per heavy atom. The first-order chi connectivity index (χ1) is 19.4. The van der Waals surface area contributed by atoms with Crippen molar-refractivity contribution >= 4 is 17.7 Å². The van der Waals surface area contributed by atoms with E-state index in [4.69, 9.17) is 4.74 Å². The van der Waals surface area contributed by atoms with Crippen LogP contribution in [0.1, 0.15) is 140 Å². The minimum absolute atomic E-state index is 0.121. The van der Waals surface area contributed by atoms with Crippen molar-refractivity contribution in [3.8, 4) is 16.9 Å². The zero-order valence-corrected chi connectivity index (χ0v) is 28.8. The molecule has 0 aliphatic carbocycles. The fourth-order valence-corrected chi connectivity index (χ4v) is 6.54. The number of aryl methyl sites for hydroxylation is 3. The largest absolute Gasteiger partial charge is 0.426 e. The van der Waals surface area contributed by atoms with Crippen LogP contribution in [0.3, 0.4) is 0 Å². The van der Waals surface area contributed by atoms with Crippen molar-refractivity contribution in [3.63, 3.8) is 0 Å². The van der Waals surface area contributed by atoms with E-state index in [0.29, 0.717) is 12.3 Å². The van der Waals surface area contributed by atoms with Crippen LogP contribution in [0, 0.1) is 26.7 Å². The quantitative estimate of drug-likeness (QED) is 0.0996. The maximum absolute atomic E-state index is 12.9. The van der Waals surface area contributed by atoms with Gasteiger partial charge in [-0.2, -0.15) is 11.8 Å². The Bertz CT molecular complexity index is 1080. The number of esters is 1. The van der Waals surface area contributed by atoms with Crippen LogP contribution in [0.4, 0.5) is 0 Å². The summed E-state index contributed by atoms with van der Waals surface area (Å²) < 4.78 is 6.02. The number of hydrogen-bond acceptors (Lipinski definition) is 3. The van der Waals surface area contributed by atoms with E-state index in [1.54, 1.807) is 0 Å². The highest BCUT2D eigenvalue weighted by atomic mass is 32.2. The molecular formula is C38H60O2S. The van der Waals surface area contributed by atoms with Crippen molar-refractivity contribution in [2.24, 2.45) is 5.92 Å². The number of carbonyl (C=O) groups excluding carboxylic acids is 1. The summed E-state index contributed by atoms with van der Waals surface area (Å²) in [5.74, 6) is 3.18. The summed E-state index contributed by atoms with van der Waals surface area (Å²) >= 11 is 1.89. The maximum atomic E-state index is 12.9. The molecule has 0 heterocycles. The van der Waals surface area contributed by atoms with Crippen LogP contribution in [-0.2, 0) is 16.6 Å². The molecule has 0 radical (unpaired) electrons. The maximum Gasteiger partial charge on any atom is 0.312 e. The van der Waals surface area contributed by atoms with E-state index in [-0.39, 0.29) is 11.4 Å². The fraction of sp³-hybridized carbons (Fsp3) is 0.658. The Kier molecular flexibility index (Phi) is 15.6.